The predicted octanol–water partition coefficient (Wildman–Crippen LogP) is 1.32. The molecule has 0 aliphatic carbocycles. The Labute approximate surface area is 274 Å². The van der Waals surface area contributed by atoms with Crippen molar-refractivity contribution in [1.82, 2.24) is 5.32 Å². The predicted molar refractivity (Wildman–Crippen MR) is 162 cm³/mol. The van der Waals surface area contributed by atoms with Gasteiger partial charge in [-0.05, 0) is 36.4 Å². The highest BCUT2D eigenvalue weighted by molar-refractivity contribution is 6.30. The van der Waals surface area contributed by atoms with Crippen molar-refractivity contribution in [2.75, 3.05) is 13.2 Å². The lowest BCUT2D eigenvalue weighted by Crippen LogP contribution is -2.67. The van der Waals surface area contributed by atoms with Gasteiger partial charge in [0.15, 0.2) is 18.8 Å². The Hall–Kier alpha value is -3.47. The van der Waals surface area contributed by atoms with Crippen LogP contribution in [0.2, 0.25) is 5.02 Å². The molecule has 47 heavy (non-hydrogen) atoms. The number of rotatable bonds is 8. The Kier molecular flexibility index (Phi) is 10.5. The maximum Gasteiger partial charge on any atom is 0.338 e. The van der Waals surface area contributed by atoms with Gasteiger partial charge in [0, 0.05) is 16.1 Å². The van der Waals surface area contributed by atoms with Crippen molar-refractivity contribution in [2.45, 2.75) is 67.6 Å². The fourth-order valence-electron chi connectivity index (χ4n) is 5.61. The van der Waals surface area contributed by atoms with Crippen LogP contribution < -0.4 is 5.32 Å². The zero-order valence-corrected chi connectivity index (χ0v) is 25.5. The first-order valence-electron chi connectivity index (χ1n) is 15.0. The lowest BCUT2D eigenvalue weighted by molar-refractivity contribution is -0.379. The van der Waals surface area contributed by atoms with E-state index in [1.807, 2.05) is 18.2 Å². The standard InChI is InChI=1S/C33H34ClNO12/c34-20-13-11-17(12-14-20)29(40)35-30-25(38)23(36)27(21(44-30)15-42-31(41)18-7-3-1-4-8-18)47-33-26(39)24(37)28-22(45-33)16-43-32(46-28)19-9-5-2-6-10-19/h1-14,21-28,30,32-33,36-39H,15-16H2,(H,35,40)/t21-,22-,23-,24-,25-,26-,27-,28-,30-,32?,33-/m1/s1. The third-order valence-corrected chi connectivity index (χ3v) is 8.40. The fraction of sp³-hybridized carbons (Fsp3) is 0.394. The molecule has 3 aromatic rings. The van der Waals surface area contributed by atoms with E-state index in [1.54, 1.807) is 42.5 Å². The van der Waals surface area contributed by atoms with Crippen molar-refractivity contribution in [1.29, 1.82) is 0 Å². The van der Waals surface area contributed by atoms with Crippen LogP contribution in [-0.2, 0) is 28.4 Å². The van der Waals surface area contributed by atoms with Gasteiger partial charge in [0.05, 0.1) is 12.2 Å². The van der Waals surface area contributed by atoms with Gasteiger partial charge in [-0.2, -0.15) is 0 Å². The van der Waals surface area contributed by atoms with Crippen LogP contribution in [0.3, 0.4) is 0 Å². The third kappa shape index (κ3) is 7.50. The summed E-state index contributed by atoms with van der Waals surface area (Å²) in [7, 11) is 0. The summed E-state index contributed by atoms with van der Waals surface area (Å²) < 4.78 is 35.0. The van der Waals surface area contributed by atoms with Crippen LogP contribution in [0.15, 0.2) is 84.9 Å². The highest BCUT2D eigenvalue weighted by Gasteiger charge is 2.53. The first-order valence-corrected chi connectivity index (χ1v) is 15.4. The minimum Gasteiger partial charge on any atom is -0.459 e. The number of benzene rings is 3. The van der Waals surface area contributed by atoms with Gasteiger partial charge in [-0.3, -0.25) is 4.79 Å². The summed E-state index contributed by atoms with van der Waals surface area (Å²) in [5.74, 6) is -1.34. The maximum atomic E-state index is 12.9. The number of nitrogens with one attached hydrogen (secondary N) is 1. The summed E-state index contributed by atoms with van der Waals surface area (Å²) in [4.78, 5) is 25.7. The molecule has 6 rings (SSSR count). The van der Waals surface area contributed by atoms with Crippen molar-refractivity contribution in [3.05, 3.63) is 107 Å². The number of hydrogen-bond donors (Lipinski definition) is 5. The van der Waals surface area contributed by atoms with Gasteiger partial charge in [0.1, 0.15) is 55.4 Å². The van der Waals surface area contributed by atoms with Crippen molar-refractivity contribution in [3.63, 3.8) is 0 Å². The molecule has 0 saturated carbocycles. The van der Waals surface area contributed by atoms with E-state index in [0.717, 1.165) is 0 Å². The van der Waals surface area contributed by atoms with Crippen LogP contribution in [0.25, 0.3) is 0 Å². The summed E-state index contributed by atoms with van der Waals surface area (Å²) in [5, 5.41) is 47.2. The lowest BCUT2D eigenvalue weighted by atomic mass is 9.95. The van der Waals surface area contributed by atoms with E-state index in [4.69, 9.17) is 40.0 Å². The Morgan fingerprint density at radius 1 is 0.787 bits per heavy atom. The summed E-state index contributed by atoms with van der Waals surface area (Å²) in [6, 6.07) is 23.2. The summed E-state index contributed by atoms with van der Waals surface area (Å²) >= 11 is 5.92. The zero-order chi connectivity index (χ0) is 33.1. The number of ether oxygens (including phenoxy) is 6. The van der Waals surface area contributed by atoms with Gasteiger partial charge in [0.25, 0.3) is 5.91 Å². The van der Waals surface area contributed by atoms with Crippen LogP contribution in [0.1, 0.15) is 32.6 Å². The van der Waals surface area contributed by atoms with Crippen LogP contribution in [0.5, 0.6) is 0 Å². The summed E-state index contributed by atoms with van der Waals surface area (Å²) in [5.41, 5.74) is 1.17. The molecule has 3 fully saturated rings. The van der Waals surface area contributed by atoms with E-state index < -0.39 is 86.1 Å². The van der Waals surface area contributed by atoms with E-state index in [1.165, 1.54) is 24.3 Å². The maximum absolute atomic E-state index is 12.9. The van der Waals surface area contributed by atoms with Crippen LogP contribution in [-0.4, -0.2) is 107 Å². The average molecular weight is 672 g/mol. The van der Waals surface area contributed by atoms with Crippen molar-refractivity contribution >= 4 is 23.5 Å². The molecule has 11 atom stereocenters. The van der Waals surface area contributed by atoms with Crippen molar-refractivity contribution in [2.24, 2.45) is 0 Å². The Morgan fingerprint density at radius 3 is 2.17 bits per heavy atom. The number of aliphatic hydroxyl groups excluding tert-OH is 4. The first-order chi connectivity index (χ1) is 22.7. The number of carbonyl (C=O) groups is 2. The van der Waals surface area contributed by atoms with Crippen LogP contribution >= 0.6 is 11.6 Å². The molecule has 0 aromatic heterocycles. The van der Waals surface area contributed by atoms with Gasteiger partial charge >= 0.3 is 5.97 Å². The molecular weight excluding hydrogens is 638 g/mol. The third-order valence-electron chi connectivity index (χ3n) is 8.15. The molecule has 5 N–H and O–H groups in total. The molecule has 3 saturated heterocycles. The quantitative estimate of drug-likeness (QED) is 0.217. The molecule has 1 unspecified atom stereocenters. The van der Waals surface area contributed by atoms with Gasteiger partial charge in [-0.1, -0.05) is 60.1 Å². The Bertz CT molecular complexity index is 1500. The van der Waals surface area contributed by atoms with Crippen molar-refractivity contribution in [3.8, 4) is 0 Å². The Morgan fingerprint density at radius 2 is 1.47 bits per heavy atom. The highest BCUT2D eigenvalue weighted by atomic mass is 35.5. The number of aliphatic hydroxyl groups is 4. The van der Waals surface area contributed by atoms with Crippen molar-refractivity contribution < 1.29 is 58.4 Å². The highest BCUT2D eigenvalue weighted by Crippen LogP contribution is 2.36. The summed E-state index contributed by atoms with van der Waals surface area (Å²) in [6.07, 6.45) is -15.0. The van der Waals surface area contributed by atoms with E-state index in [9.17, 15) is 30.0 Å². The molecular formula is C33H34ClNO12. The van der Waals surface area contributed by atoms with E-state index >= 15 is 0 Å². The van der Waals surface area contributed by atoms with Gasteiger partial charge < -0.3 is 54.2 Å². The second-order valence-electron chi connectivity index (χ2n) is 11.3. The molecule has 3 heterocycles. The first kappa shape index (κ1) is 33.4. The summed E-state index contributed by atoms with van der Waals surface area (Å²) in [6.45, 7) is -0.505. The molecule has 0 spiro atoms. The van der Waals surface area contributed by atoms with E-state index in [0.29, 0.717) is 10.6 Å². The number of amides is 1. The second-order valence-corrected chi connectivity index (χ2v) is 11.8. The van der Waals surface area contributed by atoms with Gasteiger partial charge in [-0.25, -0.2) is 4.79 Å². The number of hydrogen-bond acceptors (Lipinski definition) is 12. The van der Waals surface area contributed by atoms with Crippen LogP contribution in [0.4, 0.5) is 0 Å². The van der Waals surface area contributed by atoms with Crippen LogP contribution in [0, 0.1) is 0 Å². The molecule has 250 valence electrons. The Balaban J connectivity index is 1.17. The molecule has 3 aromatic carbocycles. The SMILES string of the molecule is O=C(N[C@@H]1O[C@H](COC(=O)c2ccccc2)[C@@H](O[C@H]2O[C@@H]3COC(c4ccccc4)O[C@H]3[C@H](O)[C@H]2O)[C@H](O)[C@H]1O)c1ccc(Cl)cc1. The number of esters is 1. The molecule has 0 radical (unpaired) electrons. The average Bonchev–Trinajstić information content (AvgIpc) is 3.10. The zero-order valence-electron chi connectivity index (χ0n) is 24.8. The number of carbonyl (C=O) groups excluding carboxylic acids is 2. The van der Waals surface area contributed by atoms with E-state index in [-0.39, 0.29) is 17.7 Å². The topological polar surface area (TPSA) is 182 Å². The van der Waals surface area contributed by atoms with Gasteiger partial charge in [-0.15, -0.1) is 0 Å². The smallest absolute Gasteiger partial charge is 0.338 e. The molecule has 3 aliphatic heterocycles. The molecule has 0 bridgehead atoms. The van der Waals surface area contributed by atoms with Gasteiger partial charge in [0.2, 0.25) is 0 Å². The molecule has 13 nitrogen and oxygen atoms in total. The molecule has 14 heteroatoms. The monoisotopic (exact) mass is 671 g/mol. The second kappa shape index (κ2) is 14.7. The number of halogens is 1. The minimum absolute atomic E-state index is 0.0167. The number of fused-ring (bicyclic) bond motifs is 1. The minimum atomic E-state index is -1.74. The molecule has 3 aliphatic rings. The fourth-order valence-corrected chi connectivity index (χ4v) is 5.74. The molecule has 1 amide bonds. The van der Waals surface area contributed by atoms with E-state index in [2.05, 4.69) is 5.32 Å². The lowest BCUT2D eigenvalue weighted by Gasteiger charge is -2.48. The largest absolute Gasteiger partial charge is 0.459 e. The normalized spacial score (nSPS) is 33.8.